The van der Waals surface area contributed by atoms with Gasteiger partial charge in [-0.1, -0.05) is 40.0 Å². The Morgan fingerprint density at radius 2 is 1.65 bits per heavy atom. The van der Waals surface area contributed by atoms with E-state index in [4.69, 9.17) is 10.5 Å². The highest BCUT2D eigenvalue weighted by atomic mass is 19.3. The van der Waals surface area contributed by atoms with Crippen LogP contribution < -0.4 is 16.4 Å². The fourth-order valence-electron chi connectivity index (χ4n) is 6.36. The molecule has 226 valence electrons. The van der Waals surface area contributed by atoms with E-state index in [1.165, 1.54) is 11.8 Å². The Kier molecular flexibility index (Phi) is 9.20. The van der Waals surface area contributed by atoms with Gasteiger partial charge in [-0.2, -0.15) is 0 Å². The zero-order valence-corrected chi connectivity index (χ0v) is 24.4. The van der Waals surface area contributed by atoms with Crippen molar-refractivity contribution in [1.82, 2.24) is 15.5 Å². The predicted molar refractivity (Wildman–Crippen MR) is 142 cm³/mol. The normalized spacial score (nSPS) is 25.8. The van der Waals surface area contributed by atoms with Crippen LogP contribution in [0.4, 0.5) is 13.6 Å². The van der Waals surface area contributed by atoms with Gasteiger partial charge in [-0.05, 0) is 56.8 Å². The van der Waals surface area contributed by atoms with Crippen molar-refractivity contribution in [2.45, 2.75) is 116 Å². The molecular formula is C28H44F2N4O6. The number of alkyl carbamates (subject to hydrolysis) is 1. The van der Waals surface area contributed by atoms with Crippen LogP contribution >= 0.6 is 0 Å². The molecule has 1 unspecified atom stereocenters. The summed E-state index contributed by atoms with van der Waals surface area (Å²) in [6.45, 7) is 10.5. The second-order valence-electron chi connectivity index (χ2n) is 13.1. The van der Waals surface area contributed by atoms with Crippen LogP contribution in [-0.4, -0.2) is 70.7 Å². The summed E-state index contributed by atoms with van der Waals surface area (Å²) in [6, 6.07) is -3.82. The molecule has 0 aromatic carbocycles. The Morgan fingerprint density at radius 1 is 1.05 bits per heavy atom. The fraction of sp³-hybridized carbons (Fsp3) is 0.821. The van der Waals surface area contributed by atoms with Gasteiger partial charge in [0.1, 0.15) is 23.7 Å². The topological polar surface area (TPSA) is 148 Å². The number of hydrogen-bond donors (Lipinski definition) is 3. The van der Waals surface area contributed by atoms with Crippen molar-refractivity contribution < 1.29 is 37.5 Å². The molecule has 0 aromatic rings. The van der Waals surface area contributed by atoms with E-state index in [-0.39, 0.29) is 29.7 Å². The van der Waals surface area contributed by atoms with Crippen molar-refractivity contribution in [2.75, 3.05) is 6.54 Å². The summed E-state index contributed by atoms with van der Waals surface area (Å²) in [6.07, 6.45) is 1.83. The number of likely N-dealkylation sites (tertiary alicyclic amines) is 1. The van der Waals surface area contributed by atoms with Gasteiger partial charge in [-0.25, -0.2) is 13.6 Å². The monoisotopic (exact) mass is 570 g/mol. The van der Waals surface area contributed by atoms with Gasteiger partial charge in [0.2, 0.25) is 23.5 Å². The third kappa shape index (κ3) is 7.09. The van der Waals surface area contributed by atoms with Crippen molar-refractivity contribution in [3.63, 3.8) is 0 Å². The number of amides is 4. The molecule has 0 spiro atoms. The van der Waals surface area contributed by atoms with Crippen LogP contribution in [0.1, 0.15) is 86.5 Å². The number of ether oxygens (including phenoxy) is 1. The average Bonchev–Trinajstić information content (AvgIpc) is 3.17. The van der Waals surface area contributed by atoms with Gasteiger partial charge >= 0.3 is 6.09 Å². The van der Waals surface area contributed by atoms with Crippen LogP contribution in [0, 0.1) is 23.2 Å². The maximum atomic E-state index is 14.2. The van der Waals surface area contributed by atoms with E-state index < -0.39 is 72.1 Å². The van der Waals surface area contributed by atoms with Crippen molar-refractivity contribution in [2.24, 2.45) is 28.9 Å². The lowest BCUT2D eigenvalue weighted by atomic mass is 9.83. The summed E-state index contributed by atoms with van der Waals surface area (Å²) in [5, 5.41) is 5.07. The molecule has 1 saturated heterocycles. The zero-order valence-electron chi connectivity index (χ0n) is 24.4. The number of rotatable bonds is 10. The number of fused-ring (bicyclic) bond motifs is 1. The van der Waals surface area contributed by atoms with Crippen LogP contribution in [0.15, 0.2) is 0 Å². The van der Waals surface area contributed by atoms with Crippen molar-refractivity contribution in [3.05, 3.63) is 0 Å². The fourth-order valence-corrected chi connectivity index (χ4v) is 6.36. The number of ketones is 1. The van der Waals surface area contributed by atoms with Crippen LogP contribution in [0.25, 0.3) is 0 Å². The Hall–Kier alpha value is -2.79. The van der Waals surface area contributed by atoms with E-state index in [2.05, 4.69) is 10.6 Å². The zero-order chi connectivity index (χ0) is 30.2. The molecule has 2 saturated carbocycles. The van der Waals surface area contributed by atoms with Crippen LogP contribution in [0.2, 0.25) is 0 Å². The number of primary amides is 1. The third-order valence-corrected chi connectivity index (χ3v) is 8.72. The molecule has 12 heteroatoms. The Labute approximate surface area is 234 Å². The summed E-state index contributed by atoms with van der Waals surface area (Å²) in [5.74, 6) is -7.77. The van der Waals surface area contributed by atoms with Gasteiger partial charge in [0.15, 0.2) is 0 Å². The van der Waals surface area contributed by atoms with Gasteiger partial charge < -0.3 is 26.0 Å². The lowest BCUT2D eigenvalue weighted by Crippen LogP contribution is -2.60. The van der Waals surface area contributed by atoms with Crippen LogP contribution in [0.3, 0.4) is 0 Å². The van der Waals surface area contributed by atoms with Crippen LogP contribution in [-0.2, 0) is 23.9 Å². The first kappa shape index (κ1) is 31.7. The first-order chi connectivity index (χ1) is 18.4. The van der Waals surface area contributed by atoms with E-state index >= 15 is 0 Å². The second kappa shape index (κ2) is 11.6. The molecule has 3 fully saturated rings. The smallest absolute Gasteiger partial charge is 0.408 e. The van der Waals surface area contributed by atoms with E-state index in [1.54, 1.807) is 20.8 Å². The van der Waals surface area contributed by atoms with Crippen molar-refractivity contribution in [3.8, 4) is 0 Å². The molecule has 3 aliphatic rings. The molecule has 5 atom stereocenters. The summed E-state index contributed by atoms with van der Waals surface area (Å²) in [5.41, 5.74) is 4.01. The summed E-state index contributed by atoms with van der Waals surface area (Å²) in [7, 11) is 0. The Balaban J connectivity index is 1.88. The molecule has 2 aliphatic carbocycles. The maximum absolute atomic E-state index is 14.2. The lowest BCUT2D eigenvalue weighted by molar-refractivity contribution is -0.145. The quantitative estimate of drug-likeness (QED) is 0.344. The van der Waals surface area contributed by atoms with Gasteiger partial charge in [0.25, 0.3) is 5.91 Å². The minimum atomic E-state index is -3.32. The number of nitrogens with one attached hydrogen (secondary N) is 2. The number of hydrogen-bond acceptors (Lipinski definition) is 6. The van der Waals surface area contributed by atoms with Gasteiger partial charge in [0.05, 0.1) is 0 Å². The number of Topliss-reactive ketones (excluding diaryl/α,β-unsaturated/α-hetero) is 1. The van der Waals surface area contributed by atoms with E-state index in [1.807, 2.05) is 13.8 Å². The molecule has 4 amide bonds. The van der Waals surface area contributed by atoms with E-state index in [0.29, 0.717) is 0 Å². The lowest BCUT2D eigenvalue weighted by Gasteiger charge is -2.37. The average molecular weight is 571 g/mol. The highest BCUT2D eigenvalue weighted by Crippen LogP contribution is 2.65. The molecule has 3 rings (SSSR count). The first-order valence-electron chi connectivity index (χ1n) is 14.2. The number of alkyl halides is 2. The summed E-state index contributed by atoms with van der Waals surface area (Å²) >= 11 is 0. The number of carbonyl (C=O) groups excluding carboxylic acids is 5. The molecule has 0 bridgehead atoms. The summed E-state index contributed by atoms with van der Waals surface area (Å²) < 4.78 is 33.9. The molecule has 10 nitrogen and oxygen atoms in total. The highest BCUT2D eigenvalue weighted by Gasteiger charge is 2.69. The number of carbonyl (C=O) groups is 5. The van der Waals surface area contributed by atoms with E-state index in [0.717, 1.165) is 32.1 Å². The molecule has 1 aliphatic heterocycles. The van der Waals surface area contributed by atoms with Crippen LogP contribution in [0.5, 0.6) is 0 Å². The van der Waals surface area contributed by atoms with Crippen molar-refractivity contribution in [1.29, 1.82) is 0 Å². The minimum Gasteiger partial charge on any atom is -0.444 e. The number of nitrogens with zero attached hydrogens (tertiary/aromatic N) is 1. The molecule has 0 radical (unpaired) electrons. The minimum absolute atomic E-state index is 0.0249. The number of piperidine rings is 1. The second-order valence-corrected chi connectivity index (χ2v) is 13.1. The molecule has 1 heterocycles. The highest BCUT2D eigenvalue weighted by molar-refractivity contribution is 6.37. The molecule has 40 heavy (non-hydrogen) atoms. The third-order valence-electron chi connectivity index (χ3n) is 8.72. The number of nitrogens with two attached hydrogens (primary N) is 1. The van der Waals surface area contributed by atoms with Gasteiger partial charge in [-0.3, -0.25) is 19.2 Å². The molecule has 0 aromatic heterocycles. The van der Waals surface area contributed by atoms with Gasteiger partial charge in [-0.15, -0.1) is 0 Å². The SMILES string of the molecule is CCC(F)(F)CC(NC(=O)[C@@H]1[C@@H]2[C@H](CN1C(=O)[C@@H](NC(=O)OC(C)(C)C)C1CCCCC1)C2(C)C)C(=O)C(N)=O. The first-order valence-corrected chi connectivity index (χ1v) is 14.2. The summed E-state index contributed by atoms with van der Waals surface area (Å²) in [4.78, 5) is 65.8. The maximum Gasteiger partial charge on any atom is 0.408 e. The standard InChI is InChI=1S/C28H44F2N4O6/c1-7-28(29,30)13-17(21(35)22(31)36)32-23(37)20-18-16(27(18,5)6)14-34(20)24(38)19(15-11-9-8-10-12-15)33-25(39)40-26(2,3)4/h15-20H,7-14H2,1-6H3,(H2,31,36)(H,32,37)(H,33,39)/t16-,17?,18-,19-,20-/m0/s1. The molecule has 4 N–H and O–H groups in total. The number of halogens is 2. The van der Waals surface area contributed by atoms with Gasteiger partial charge in [0, 0.05) is 19.4 Å². The largest absolute Gasteiger partial charge is 0.444 e. The van der Waals surface area contributed by atoms with Crippen molar-refractivity contribution >= 4 is 29.6 Å². The predicted octanol–water partition coefficient (Wildman–Crippen LogP) is 2.92. The Morgan fingerprint density at radius 3 is 2.17 bits per heavy atom. The Bertz CT molecular complexity index is 1020. The van der Waals surface area contributed by atoms with E-state index in [9.17, 15) is 32.8 Å². The molecular weight excluding hydrogens is 526 g/mol.